The first-order valence-electron chi connectivity index (χ1n) is 5.68. The van der Waals surface area contributed by atoms with Crippen molar-refractivity contribution in [2.24, 2.45) is 0 Å². The van der Waals surface area contributed by atoms with E-state index < -0.39 is 10.0 Å². The van der Waals surface area contributed by atoms with Crippen molar-refractivity contribution in [3.05, 3.63) is 22.8 Å². The molecule has 19 heavy (non-hydrogen) atoms. The molecule has 1 aliphatic heterocycles. The lowest BCUT2D eigenvalue weighted by molar-refractivity contribution is 0.387. The van der Waals surface area contributed by atoms with E-state index >= 15 is 0 Å². The Hall–Kier alpha value is -1.36. The summed E-state index contributed by atoms with van der Waals surface area (Å²) in [5.41, 5.74) is 0.372. The van der Waals surface area contributed by atoms with Crippen molar-refractivity contribution < 1.29 is 8.42 Å². The van der Waals surface area contributed by atoms with Gasteiger partial charge in [-0.25, -0.2) is 13.4 Å². The van der Waals surface area contributed by atoms with Crippen LogP contribution in [0.3, 0.4) is 0 Å². The van der Waals surface area contributed by atoms with Crippen molar-refractivity contribution in [3.63, 3.8) is 0 Å². The van der Waals surface area contributed by atoms with Gasteiger partial charge in [0.2, 0.25) is 10.0 Å². The van der Waals surface area contributed by atoms with Gasteiger partial charge >= 0.3 is 0 Å². The standard InChI is InChI=1S/C11H13ClN4O2S/c1-19(17,18)16-6-4-15(5-7-16)11-10(12)9(8-13)2-3-14-11/h2-3H,4-7H2,1H3. The van der Waals surface area contributed by atoms with Crippen LogP contribution in [0.1, 0.15) is 5.56 Å². The van der Waals surface area contributed by atoms with E-state index in [2.05, 4.69) is 4.98 Å². The maximum absolute atomic E-state index is 11.4. The van der Waals surface area contributed by atoms with Crippen molar-refractivity contribution in [1.82, 2.24) is 9.29 Å². The first-order chi connectivity index (χ1) is 8.93. The van der Waals surface area contributed by atoms with E-state index in [4.69, 9.17) is 16.9 Å². The van der Waals surface area contributed by atoms with Crippen molar-refractivity contribution in [3.8, 4) is 6.07 Å². The molecule has 1 aromatic rings. The van der Waals surface area contributed by atoms with Crippen LogP contribution in [0.2, 0.25) is 5.02 Å². The van der Waals surface area contributed by atoms with Crippen LogP contribution in [-0.4, -0.2) is 50.1 Å². The first kappa shape index (κ1) is 14.1. The molecule has 0 aromatic carbocycles. The zero-order valence-corrected chi connectivity index (χ0v) is 11.9. The van der Waals surface area contributed by atoms with Gasteiger partial charge in [-0.15, -0.1) is 0 Å². The van der Waals surface area contributed by atoms with Crippen molar-refractivity contribution >= 4 is 27.4 Å². The smallest absolute Gasteiger partial charge is 0.211 e. The van der Waals surface area contributed by atoms with E-state index in [0.29, 0.717) is 42.6 Å². The summed E-state index contributed by atoms with van der Waals surface area (Å²) in [6, 6.07) is 3.56. The molecule has 0 unspecified atom stereocenters. The molecule has 1 aliphatic rings. The summed E-state index contributed by atoms with van der Waals surface area (Å²) in [7, 11) is -3.15. The highest BCUT2D eigenvalue weighted by molar-refractivity contribution is 7.88. The van der Waals surface area contributed by atoms with Gasteiger partial charge in [-0.1, -0.05) is 11.6 Å². The van der Waals surface area contributed by atoms with E-state index in [1.165, 1.54) is 16.8 Å². The zero-order valence-electron chi connectivity index (χ0n) is 10.4. The fourth-order valence-electron chi connectivity index (χ4n) is 1.97. The summed E-state index contributed by atoms with van der Waals surface area (Å²) in [6.45, 7) is 1.81. The highest BCUT2D eigenvalue weighted by Gasteiger charge is 2.25. The van der Waals surface area contributed by atoms with Gasteiger partial charge in [-0.2, -0.15) is 9.57 Å². The number of rotatable bonds is 2. The monoisotopic (exact) mass is 300 g/mol. The van der Waals surface area contributed by atoms with Crippen LogP contribution < -0.4 is 4.90 Å². The van der Waals surface area contributed by atoms with Gasteiger partial charge in [0.1, 0.15) is 16.9 Å². The van der Waals surface area contributed by atoms with Crippen molar-refractivity contribution in [1.29, 1.82) is 5.26 Å². The number of sulfonamides is 1. The molecule has 0 spiro atoms. The molecule has 0 atom stereocenters. The highest BCUT2D eigenvalue weighted by atomic mass is 35.5. The molecule has 0 saturated carbocycles. The Morgan fingerprint density at radius 1 is 1.37 bits per heavy atom. The molecule has 1 aromatic heterocycles. The third-order valence-electron chi connectivity index (χ3n) is 3.00. The van der Waals surface area contributed by atoms with E-state index in [0.717, 1.165) is 0 Å². The fraction of sp³-hybridized carbons (Fsp3) is 0.455. The number of hydrogen-bond acceptors (Lipinski definition) is 5. The largest absolute Gasteiger partial charge is 0.353 e. The number of nitrogens with zero attached hydrogens (tertiary/aromatic N) is 4. The Balaban J connectivity index is 2.17. The second-order valence-electron chi connectivity index (χ2n) is 4.26. The van der Waals surface area contributed by atoms with Crippen molar-refractivity contribution in [2.45, 2.75) is 0 Å². The Bertz CT molecular complexity index is 618. The predicted molar refractivity (Wildman–Crippen MR) is 72.6 cm³/mol. The minimum Gasteiger partial charge on any atom is -0.353 e. The molecule has 1 fully saturated rings. The van der Waals surface area contributed by atoms with Gasteiger partial charge in [0.15, 0.2) is 0 Å². The Kier molecular flexibility index (Phi) is 3.94. The number of aromatic nitrogens is 1. The van der Waals surface area contributed by atoms with Crippen LogP contribution in [0, 0.1) is 11.3 Å². The van der Waals surface area contributed by atoms with Gasteiger partial charge in [0.05, 0.1) is 11.8 Å². The molecule has 2 heterocycles. The van der Waals surface area contributed by atoms with E-state index in [1.807, 2.05) is 11.0 Å². The van der Waals surface area contributed by atoms with Crippen LogP contribution >= 0.6 is 11.6 Å². The summed E-state index contributed by atoms with van der Waals surface area (Å²) in [4.78, 5) is 6.07. The summed E-state index contributed by atoms with van der Waals surface area (Å²) < 4.78 is 24.3. The molecular weight excluding hydrogens is 288 g/mol. The number of anilines is 1. The Labute approximate surface area is 117 Å². The maximum Gasteiger partial charge on any atom is 0.211 e. The number of hydrogen-bond donors (Lipinski definition) is 0. The molecule has 0 amide bonds. The molecule has 0 aliphatic carbocycles. The normalized spacial score (nSPS) is 17.2. The van der Waals surface area contributed by atoms with Crippen LogP contribution in [0.5, 0.6) is 0 Å². The van der Waals surface area contributed by atoms with Gasteiger partial charge in [-0.05, 0) is 6.07 Å². The summed E-state index contributed by atoms with van der Waals surface area (Å²) in [5, 5.41) is 9.24. The second-order valence-corrected chi connectivity index (χ2v) is 6.62. The number of halogens is 1. The SMILES string of the molecule is CS(=O)(=O)N1CCN(c2nccc(C#N)c2Cl)CC1. The predicted octanol–water partition coefficient (Wildman–Crippen LogP) is 0.688. The number of piperazine rings is 1. The van der Waals surface area contributed by atoms with Gasteiger partial charge in [-0.3, -0.25) is 0 Å². The first-order valence-corrected chi connectivity index (χ1v) is 7.91. The van der Waals surface area contributed by atoms with Crippen LogP contribution in [-0.2, 0) is 10.0 Å². The van der Waals surface area contributed by atoms with E-state index in [-0.39, 0.29) is 0 Å². The minimum absolute atomic E-state index is 0.317. The van der Waals surface area contributed by atoms with Gasteiger partial charge in [0.25, 0.3) is 0 Å². The molecule has 102 valence electrons. The number of nitriles is 1. The summed E-state index contributed by atoms with van der Waals surface area (Å²) >= 11 is 6.11. The molecule has 2 rings (SSSR count). The van der Waals surface area contributed by atoms with Crippen molar-refractivity contribution in [2.75, 3.05) is 37.3 Å². The summed E-state index contributed by atoms with van der Waals surface area (Å²) in [6.07, 6.45) is 2.73. The van der Waals surface area contributed by atoms with Crippen LogP contribution in [0.15, 0.2) is 12.3 Å². The van der Waals surface area contributed by atoms with Gasteiger partial charge in [0, 0.05) is 32.4 Å². The lowest BCUT2D eigenvalue weighted by atomic mass is 10.2. The van der Waals surface area contributed by atoms with E-state index in [1.54, 1.807) is 6.07 Å². The fourth-order valence-corrected chi connectivity index (χ4v) is 3.07. The van der Waals surface area contributed by atoms with Crippen LogP contribution in [0.25, 0.3) is 0 Å². The minimum atomic E-state index is -3.15. The average Bonchev–Trinajstić information content (AvgIpc) is 2.38. The number of pyridine rings is 1. The quantitative estimate of drug-likeness (QED) is 0.803. The molecular formula is C11H13ClN4O2S. The third-order valence-corrected chi connectivity index (χ3v) is 4.67. The molecule has 1 saturated heterocycles. The lowest BCUT2D eigenvalue weighted by Gasteiger charge is -2.34. The highest BCUT2D eigenvalue weighted by Crippen LogP contribution is 2.27. The Morgan fingerprint density at radius 2 is 2.00 bits per heavy atom. The molecule has 0 bridgehead atoms. The zero-order chi connectivity index (χ0) is 14.0. The topological polar surface area (TPSA) is 77.3 Å². The molecule has 6 nitrogen and oxygen atoms in total. The summed E-state index contributed by atoms with van der Waals surface area (Å²) in [5.74, 6) is 0.536. The molecule has 0 N–H and O–H groups in total. The average molecular weight is 301 g/mol. The Morgan fingerprint density at radius 3 is 2.53 bits per heavy atom. The lowest BCUT2D eigenvalue weighted by Crippen LogP contribution is -2.48. The third kappa shape index (κ3) is 2.97. The second kappa shape index (κ2) is 5.33. The van der Waals surface area contributed by atoms with Gasteiger partial charge < -0.3 is 4.90 Å². The van der Waals surface area contributed by atoms with E-state index in [9.17, 15) is 8.42 Å². The maximum atomic E-state index is 11.4. The molecule has 0 radical (unpaired) electrons. The molecule has 8 heteroatoms. The van der Waals surface area contributed by atoms with Crippen LogP contribution in [0.4, 0.5) is 5.82 Å².